The second-order valence-corrected chi connectivity index (χ2v) is 5.11. The number of aromatic nitrogens is 2. The predicted molar refractivity (Wildman–Crippen MR) is 78.6 cm³/mol. The number of hydrogen-bond donors (Lipinski definition) is 0. The molecule has 1 aromatic heterocycles. The molecule has 0 radical (unpaired) electrons. The third-order valence-corrected chi connectivity index (χ3v) is 3.23. The van der Waals surface area contributed by atoms with Crippen LogP contribution in [0.15, 0.2) is 12.4 Å². The molecule has 2 rings (SSSR count). The number of ether oxygens (including phenoxy) is 2. The zero-order chi connectivity index (χ0) is 16.1. The van der Waals surface area contributed by atoms with Crippen molar-refractivity contribution in [3.63, 3.8) is 0 Å². The quantitative estimate of drug-likeness (QED) is 0.575. The second kappa shape index (κ2) is 7.06. The number of likely N-dealkylation sites (tertiary alicyclic amines) is 1. The van der Waals surface area contributed by atoms with Gasteiger partial charge in [0.05, 0.1) is 25.5 Å². The van der Waals surface area contributed by atoms with Crippen molar-refractivity contribution in [1.82, 2.24) is 14.9 Å². The minimum Gasteiger partial charge on any atom is -0.471 e. The molecule has 0 aromatic carbocycles. The molecule has 0 saturated carbocycles. The predicted octanol–water partition coefficient (Wildman–Crippen LogP) is 0.0854. The summed E-state index contributed by atoms with van der Waals surface area (Å²) >= 11 is 0. The highest BCUT2D eigenvalue weighted by atomic mass is 16.5. The number of hydrogen-bond acceptors (Lipinski definition) is 7. The molecular formula is C14H20N4O4. The third kappa shape index (κ3) is 3.84. The lowest BCUT2D eigenvalue weighted by molar-refractivity contribution is -0.159. The molecule has 1 atom stereocenters. The first kappa shape index (κ1) is 16.0. The van der Waals surface area contributed by atoms with Crippen LogP contribution in [0.1, 0.15) is 13.3 Å². The van der Waals surface area contributed by atoms with Crippen LogP contribution in [0.3, 0.4) is 0 Å². The lowest BCUT2D eigenvalue weighted by atomic mass is 10.3. The van der Waals surface area contributed by atoms with Crippen LogP contribution in [-0.4, -0.2) is 66.6 Å². The van der Waals surface area contributed by atoms with Crippen LogP contribution < -0.4 is 9.64 Å². The maximum atomic E-state index is 11.8. The highest BCUT2D eigenvalue weighted by Crippen LogP contribution is 2.18. The van der Waals surface area contributed by atoms with E-state index in [0.29, 0.717) is 31.2 Å². The van der Waals surface area contributed by atoms with E-state index in [0.717, 1.165) is 0 Å². The molecular weight excluding hydrogens is 288 g/mol. The molecule has 0 aliphatic carbocycles. The number of esters is 1. The van der Waals surface area contributed by atoms with Gasteiger partial charge in [0.1, 0.15) is 6.10 Å². The second-order valence-electron chi connectivity index (χ2n) is 5.11. The molecule has 8 nitrogen and oxygen atoms in total. The van der Waals surface area contributed by atoms with Crippen LogP contribution >= 0.6 is 0 Å². The third-order valence-electron chi connectivity index (χ3n) is 3.23. The molecule has 1 saturated heterocycles. The average Bonchev–Trinajstić information content (AvgIpc) is 2.95. The highest BCUT2D eigenvalue weighted by molar-refractivity contribution is 6.32. The van der Waals surface area contributed by atoms with Gasteiger partial charge < -0.3 is 19.3 Å². The van der Waals surface area contributed by atoms with Crippen molar-refractivity contribution in [3.8, 4) is 5.88 Å². The molecule has 1 aromatic rings. The maximum Gasteiger partial charge on any atom is 0.397 e. The maximum absolute atomic E-state index is 11.8. The van der Waals surface area contributed by atoms with Gasteiger partial charge in [-0.2, -0.15) is 4.98 Å². The van der Waals surface area contributed by atoms with Crippen LogP contribution in [0.25, 0.3) is 0 Å². The fraction of sp³-hybridized carbons (Fsp3) is 0.571. The number of carbonyl (C=O) groups excluding carboxylic acids is 2. The first-order valence-electron chi connectivity index (χ1n) is 7.13. The Bertz CT molecular complexity index is 549. The number of anilines is 1. The summed E-state index contributed by atoms with van der Waals surface area (Å²) in [4.78, 5) is 34.9. The van der Waals surface area contributed by atoms with Crippen molar-refractivity contribution in [2.75, 3.05) is 38.7 Å². The van der Waals surface area contributed by atoms with E-state index in [-0.39, 0.29) is 12.7 Å². The molecule has 8 heteroatoms. The van der Waals surface area contributed by atoms with E-state index in [1.54, 1.807) is 13.1 Å². The monoisotopic (exact) mass is 308 g/mol. The number of rotatable bonds is 4. The van der Waals surface area contributed by atoms with Gasteiger partial charge >= 0.3 is 11.9 Å². The van der Waals surface area contributed by atoms with Crippen LogP contribution in [0.2, 0.25) is 0 Å². The molecule has 0 N–H and O–H groups in total. The van der Waals surface area contributed by atoms with E-state index < -0.39 is 11.9 Å². The minimum atomic E-state index is -0.822. The summed E-state index contributed by atoms with van der Waals surface area (Å²) in [7, 11) is 3.73. The molecule has 1 aliphatic heterocycles. The summed E-state index contributed by atoms with van der Waals surface area (Å²) in [5, 5.41) is 0. The Morgan fingerprint density at radius 1 is 1.41 bits per heavy atom. The van der Waals surface area contributed by atoms with Gasteiger partial charge in [0.15, 0.2) is 5.82 Å². The van der Waals surface area contributed by atoms with Crippen molar-refractivity contribution in [2.24, 2.45) is 0 Å². The van der Waals surface area contributed by atoms with Crippen molar-refractivity contribution < 1.29 is 19.1 Å². The lowest BCUT2D eigenvalue weighted by Crippen LogP contribution is -2.37. The zero-order valence-electron chi connectivity index (χ0n) is 13.0. The van der Waals surface area contributed by atoms with E-state index >= 15 is 0 Å². The molecule has 2 heterocycles. The summed E-state index contributed by atoms with van der Waals surface area (Å²) in [6.07, 6.45) is 3.60. The highest BCUT2D eigenvalue weighted by Gasteiger charge is 2.32. The largest absolute Gasteiger partial charge is 0.471 e. The van der Waals surface area contributed by atoms with E-state index in [1.807, 2.05) is 19.0 Å². The average molecular weight is 308 g/mol. The number of carbonyl (C=O) groups is 2. The molecule has 1 fully saturated rings. The van der Waals surface area contributed by atoms with E-state index in [4.69, 9.17) is 9.47 Å². The van der Waals surface area contributed by atoms with Gasteiger partial charge in [-0.15, -0.1) is 0 Å². The minimum absolute atomic E-state index is 0.186. The topological polar surface area (TPSA) is 84.9 Å². The molecule has 0 spiro atoms. The van der Waals surface area contributed by atoms with Gasteiger partial charge in [0, 0.05) is 27.1 Å². The normalized spacial score (nSPS) is 17.2. The smallest absolute Gasteiger partial charge is 0.397 e. The Labute approximate surface area is 129 Å². The number of nitrogens with zero attached hydrogens (tertiary/aromatic N) is 4. The summed E-state index contributed by atoms with van der Waals surface area (Å²) in [6.45, 7) is 2.65. The van der Waals surface area contributed by atoms with Crippen molar-refractivity contribution in [2.45, 2.75) is 19.4 Å². The summed E-state index contributed by atoms with van der Waals surface area (Å²) in [5.41, 5.74) is 0. The number of amides is 1. The fourth-order valence-electron chi connectivity index (χ4n) is 2.11. The summed E-state index contributed by atoms with van der Waals surface area (Å²) in [5.74, 6) is -0.352. The van der Waals surface area contributed by atoms with Crippen LogP contribution in [0.5, 0.6) is 5.88 Å². The summed E-state index contributed by atoms with van der Waals surface area (Å²) in [6, 6.07) is 0. The van der Waals surface area contributed by atoms with Gasteiger partial charge in [0.2, 0.25) is 5.88 Å². The first-order chi connectivity index (χ1) is 10.5. The molecule has 1 unspecified atom stereocenters. The Morgan fingerprint density at radius 2 is 2.18 bits per heavy atom. The van der Waals surface area contributed by atoms with Crippen LogP contribution in [0.4, 0.5) is 5.82 Å². The van der Waals surface area contributed by atoms with Crippen LogP contribution in [0, 0.1) is 0 Å². The lowest BCUT2D eigenvalue weighted by Gasteiger charge is -2.16. The Morgan fingerprint density at radius 3 is 2.86 bits per heavy atom. The van der Waals surface area contributed by atoms with E-state index in [1.165, 1.54) is 11.1 Å². The van der Waals surface area contributed by atoms with Gasteiger partial charge in [-0.1, -0.05) is 0 Å². The molecule has 1 amide bonds. The van der Waals surface area contributed by atoms with Crippen molar-refractivity contribution in [3.05, 3.63) is 12.4 Å². The van der Waals surface area contributed by atoms with Gasteiger partial charge in [-0.05, 0) is 6.92 Å². The van der Waals surface area contributed by atoms with Gasteiger partial charge in [-0.3, -0.25) is 9.78 Å². The zero-order valence-corrected chi connectivity index (χ0v) is 13.0. The first-order valence-corrected chi connectivity index (χ1v) is 7.13. The van der Waals surface area contributed by atoms with E-state index in [9.17, 15) is 9.59 Å². The molecule has 0 bridgehead atoms. The Balaban J connectivity index is 1.92. The van der Waals surface area contributed by atoms with Gasteiger partial charge in [-0.25, -0.2) is 4.79 Å². The Hall–Kier alpha value is -2.38. The fourth-order valence-corrected chi connectivity index (χ4v) is 2.11. The van der Waals surface area contributed by atoms with Crippen molar-refractivity contribution in [1.29, 1.82) is 0 Å². The SMILES string of the molecule is CCOC(=O)C(=O)N1CCC(Oc2cncc(N(C)C)n2)C1. The van der Waals surface area contributed by atoms with Gasteiger partial charge in [0.25, 0.3) is 0 Å². The summed E-state index contributed by atoms with van der Waals surface area (Å²) < 4.78 is 10.5. The van der Waals surface area contributed by atoms with E-state index in [2.05, 4.69) is 9.97 Å². The molecule has 120 valence electrons. The molecule has 1 aliphatic rings. The molecule has 22 heavy (non-hydrogen) atoms. The Kier molecular flexibility index (Phi) is 5.13. The standard InChI is InChI=1S/C14H20N4O4/c1-4-21-14(20)13(19)18-6-5-10(9-18)22-12-8-15-7-11(16-12)17(2)3/h7-8,10H,4-6,9H2,1-3H3. The van der Waals surface area contributed by atoms with Crippen LogP contribution in [-0.2, 0) is 14.3 Å². The van der Waals surface area contributed by atoms with Crippen molar-refractivity contribution >= 4 is 17.7 Å².